The lowest BCUT2D eigenvalue weighted by atomic mass is 10.6. The van der Waals surface area contributed by atoms with Gasteiger partial charge in [0.15, 0.2) is 4.34 Å². The molecule has 0 aliphatic rings. The Bertz CT molecular complexity index is 447. The summed E-state index contributed by atoms with van der Waals surface area (Å²) in [6.07, 6.45) is 1.77. The van der Waals surface area contributed by atoms with Gasteiger partial charge in [0.05, 0.1) is 5.69 Å². The number of rotatable bonds is 2. The number of nitrogens with two attached hydrogens (primary N) is 1. The molecule has 0 amide bonds. The largest absolute Gasteiger partial charge is 0.395 e. The van der Waals surface area contributed by atoms with Crippen LogP contribution in [0, 0.1) is 6.92 Å². The van der Waals surface area contributed by atoms with Crippen LogP contribution >= 0.6 is 23.3 Å². The molecule has 0 fully saturated rings. The van der Waals surface area contributed by atoms with Crippen molar-refractivity contribution in [3.63, 3.8) is 0 Å². The molecule has 0 aliphatic heterocycles. The van der Waals surface area contributed by atoms with E-state index in [1.807, 2.05) is 14.0 Å². The van der Waals surface area contributed by atoms with Crippen molar-refractivity contribution < 1.29 is 0 Å². The molecule has 74 valence electrons. The topological polar surface area (TPSA) is 69.6 Å². The lowest BCUT2D eigenvalue weighted by Gasteiger charge is -1.91. The normalized spacial score (nSPS) is 10.7. The molecule has 2 N–H and O–H groups in total. The Balaban J connectivity index is 2.22. The van der Waals surface area contributed by atoms with Gasteiger partial charge in [0, 0.05) is 13.2 Å². The molecule has 2 aromatic heterocycles. The van der Waals surface area contributed by atoms with Crippen molar-refractivity contribution in [2.45, 2.75) is 16.3 Å². The van der Waals surface area contributed by atoms with Crippen LogP contribution < -0.4 is 5.73 Å². The van der Waals surface area contributed by atoms with Crippen LogP contribution in [0.5, 0.6) is 0 Å². The maximum atomic E-state index is 5.75. The number of anilines is 1. The van der Waals surface area contributed by atoms with Crippen LogP contribution in [-0.4, -0.2) is 19.1 Å². The zero-order valence-electron chi connectivity index (χ0n) is 7.76. The zero-order valence-corrected chi connectivity index (χ0v) is 9.39. The first-order chi connectivity index (χ1) is 6.65. The summed E-state index contributed by atoms with van der Waals surface area (Å²) in [5, 5.41) is 4.99. The minimum atomic E-state index is 0.672. The number of aromatic nitrogens is 4. The number of hydrogen-bond donors (Lipinski definition) is 1. The van der Waals surface area contributed by atoms with Crippen molar-refractivity contribution in [2.24, 2.45) is 7.05 Å². The third kappa shape index (κ3) is 1.88. The first-order valence-electron chi connectivity index (χ1n) is 3.92. The summed E-state index contributed by atoms with van der Waals surface area (Å²) < 4.78 is 6.64. The summed E-state index contributed by atoms with van der Waals surface area (Å²) in [5.41, 5.74) is 6.42. The van der Waals surface area contributed by atoms with E-state index in [1.165, 1.54) is 23.3 Å². The molecule has 5 nitrogen and oxygen atoms in total. The molecule has 0 radical (unpaired) electrons. The van der Waals surface area contributed by atoms with Crippen LogP contribution in [0.2, 0.25) is 0 Å². The maximum absolute atomic E-state index is 5.75. The highest BCUT2D eigenvalue weighted by Crippen LogP contribution is 2.31. The van der Waals surface area contributed by atoms with E-state index in [1.54, 1.807) is 10.9 Å². The lowest BCUT2D eigenvalue weighted by Crippen LogP contribution is -1.86. The third-order valence-electron chi connectivity index (χ3n) is 1.51. The van der Waals surface area contributed by atoms with Crippen molar-refractivity contribution in [1.29, 1.82) is 0 Å². The molecule has 7 heteroatoms. The second-order valence-electron chi connectivity index (χ2n) is 2.77. The highest BCUT2D eigenvalue weighted by molar-refractivity contribution is 8.01. The van der Waals surface area contributed by atoms with Crippen molar-refractivity contribution in [3.05, 3.63) is 12.0 Å². The molecule has 0 saturated carbocycles. The van der Waals surface area contributed by atoms with Crippen LogP contribution in [0.4, 0.5) is 5.69 Å². The van der Waals surface area contributed by atoms with Crippen LogP contribution in [0.25, 0.3) is 0 Å². The van der Waals surface area contributed by atoms with E-state index in [0.717, 1.165) is 15.2 Å². The van der Waals surface area contributed by atoms with Gasteiger partial charge in [0.2, 0.25) is 0 Å². The minimum Gasteiger partial charge on any atom is -0.395 e. The molecule has 0 saturated heterocycles. The Morgan fingerprint density at radius 1 is 1.57 bits per heavy atom. The predicted octanol–water partition coefficient (Wildman–Crippen LogP) is 1.31. The van der Waals surface area contributed by atoms with Crippen LogP contribution in [-0.2, 0) is 7.05 Å². The lowest BCUT2D eigenvalue weighted by molar-refractivity contribution is 0.738. The molecular formula is C7H9N5S2. The molecule has 0 spiro atoms. The van der Waals surface area contributed by atoms with E-state index in [4.69, 9.17) is 5.73 Å². The van der Waals surface area contributed by atoms with Gasteiger partial charge < -0.3 is 5.73 Å². The quantitative estimate of drug-likeness (QED) is 0.837. The summed E-state index contributed by atoms with van der Waals surface area (Å²) in [7, 11) is 1.84. The van der Waals surface area contributed by atoms with E-state index in [0.29, 0.717) is 5.69 Å². The van der Waals surface area contributed by atoms with Gasteiger partial charge in [-0.3, -0.25) is 4.68 Å². The summed E-state index contributed by atoms with van der Waals surface area (Å²) in [6, 6.07) is 0. The molecule has 14 heavy (non-hydrogen) atoms. The van der Waals surface area contributed by atoms with Crippen LogP contribution in [0.1, 0.15) is 5.82 Å². The molecule has 0 aliphatic carbocycles. The summed E-state index contributed by atoms with van der Waals surface area (Å²) in [6.45, 7) is 1.86. The number of hydrogen-bond acceptors (Lipinski definition) is 6. The average Bonchev–Trinajstić information content (AvgIpc) is 2.61. The van der Waals surface area contributed by atoms with Gasteiger partial charge in [-0.15, -0.1) is 0 Å². The number of aryl methyl sites for hydroxylation is 2. The average molecular weight is 227 g/mol. The van der Waals surface area contributed by atoms with Gasteiger partial charge in [-0.05, 0) is 30.2 Å². The van der Waals surface area contributed by atoms with E-state index < -0.39 is 0 Å². The highest BCUT2D eigenvalue weighted by atomic mass is 32.2. The van der Waals surface area contributed by atoms with Crippen LogP contribution in [0.3, 0.4) is 0 Å². The fourth-order valence-electron chi connectivity index (χ4n) is 0.968. The second kappa shape index (κ2) is 3.58. The molecule has 0 atom stereocenters. The third-order valence-corrected chi connectivity index (χ3v) is 3.37. The monoisotopic (exact) mass is 227 g/mol. The Labute approximate surface area is 89.5 Å². The van der Waals surface area contributed by atoms with Gasteiger partial charge in [0.1, 0.15) is 10.9 Å². The molecule has 2 heterocycles. The highest BCUT2D eigenvalue weighted by Gasteiger charge is 2.09. The van der Waals surface area contributed by atoms with Crippen molar-refractivity contribution in [2.75, 3.05) is 5.73 Å². The number of nitrogen functional groups attached to an aromatic ring is 1. The predicted molar refractivity (Wildman–Crippen MR) is 56.4 cm³/mol. The fourth-order valence-corrected chi connectivity index (χ4v) is 2.57. The Hall–Kier alpha value is -1.08. The SMILES string of the molecule is Cc1nsc(Sc2nn(C)cc2N)n1. The summed E-state index contributed by atoms with van der Waals surface area (Å²) in [5.74, 6) is 0.784. The van der Waals surface area contributed by atoms with Gasteiger partial charge in [0.25, 0.3) is 0 Å². The summed E-state index contributed by atoms with van der Waals surface area (Å²) in [4.78, 5) is 4.22. The van der Waals surface area contributed by atoms with Crippen LogP contribution in [0.15, 0.2) is 15.6 Å². The van der Waals surface area contributed by atoms with Crippen molar-refractivity contribution in [3.8, 4) is 0 Å². The molecule has 0 bridgehead atoms. The maximum Gasteiger partial charge on any atom is 0.176 e. The van der Waals surface area contributed by atoms with Gasteiger partial charge >= 0.3 is 0 Å². The first kappa shape index (κ1) is 9.47. The fraction of sp³-hybridized carbons (Fsp3) is 0.286. The molecule has 0 aromatic carbocycles. The van der Waals surface area contributed by atoms with E-state index in [2.05, 4.69) is 14.5 Å². The first-order valence-corrected chi connectivity index (χ1v) is 5.51. The standard InChI is InChI=1S/C7H9N5S2/c1-4-9-7(14-11-4)13-6-5(8)3-12(2)10-6/h3H,8H2,1-2H3. The Morgan fingerprint density at radius 3 is 2.86 bits per heavy atom. The molecule has 2 aromatic rings. The Kier molecular flexibility index (Phi) is 2.42. The smallest absolute Gasteiger partial charge is 0.176 e. The molecular weight excluding hydrogens is 218 g/mol. The van der Waals surface area contributed by atoms with Gasteiger partial charge in [-0.1, -0.05) is 0 Å². The van der Waals surface area contributed by atoms with Crippen molar-refractivity contribution >= 4 is 29.0 Å². The summed E-state index contributed by atoms with van der Waals surface area (Å²) >= 11 is 2.80. The number of nitrogens with zero attached hydrogens (tertiary/aromatic N) is 4. The second-order valence-corrected chi connectivity index (χ2v) is 4.76. The molecule has 0 unspecified atom stereocenters. The van der Waals surface area contributed by atoms with Crippen molar-refractivity contribution in [1.82, 2.24) is 19.1 Å². The van der Waals surface area contributed by atoms with E-state index >= 15 is 0 Å². The van der Waals surface area contributed by atoms with E-state index in [9.17, 15) is 0 Å². The van der Waals surface area contributed by atoms with Gasteiger partial charge in [-0.25, -0.2) is 4.98 Å². The Morgan fingerprint density at radius 2 is 2.36 bits per heavy atom. The minimum absolute atomic E-state index is 0.672. The van der Waals surface area contributed by atoms with E-state index in [-0.39, 0.29) is 0 Å². The zero-order chi connectivity index (χ0) is 10.1. The molecule has 2 rings (SSSR count). The van der Waals surface area contributed by atoms with Gasteiger partial charge in [-0.2, -0.15) is 9.47 Å².